The van der Waals surface area contributed by atoms with E-state index in [4.69, 9.17) is 4.74 Å². The molecular formula is C28H37F2N5O4. The number of hydrogen-bond acceptors (Lipinski definition) is 5. The number of amides is 3. The molecule has 2 aromatic rings. The van der Waals surface area contributed by atoms with Crippen molar-refractivity contribution in [3.05, 3.63) is 41.9 Å². The normalized spacial score (nSPS) is 19.8. The third-order valence-electron chi connectivity index (χ3n) is 7.55. The number of benzene rings is 1. The SMILES string of the molecule is C[C@H](NC(=O)[C@H](CC(=O)N1CCCC[C@@H]1C)NC(=O)CC1CCOCC1)c1ncc(-c2ccc(F)cc2F)[nH]1. The molecule has 1 aromatic carbocycles. The molecule has 2 aliphatic heterocycles. The summed E-state index contributed by atoms with van der Waals surface area (Å²) < 4.78 is 32.9. The number of hydrogen-bond donors (Lipinski definition) is 3. The molecule has 1 aromatic heterocycles. The van der Waals surface area contributed by atoms with E-state index in [2.05, 4.69) is 20.6 Å². The van der Waals surface area contributed by atoms with Gasteiger partial charge >= 0.3 is 0 Å². The number of halogens is 2. The predicted molar refractivity (Wildman–Crippen MR) is 140 cm³/mol. The lowest BCUT2D eigenvalue weighted by Crippen LogP contribution is -2.51. The highest BCUT2D eigenvalue weighted by Gasteiger charge is 2.31. The number of piperidine rings is 1. The molecule has 2 saturated heterocycles. The number of likely N-dealkylation sites (tertiary alicyclic amines) is 1. The maximum absolute atomic E-state index is 14.2. The van der Waals surface area contributed by atoms with Crippen molar-refractivity contribution in [1.29, 1.82) is 0 Å². The standard InChI is InChI=1S/C28H37F2N5O4/c1-17-5-3-4-10-35(17)26(37)15-23(33-25(36)13-19-8-11-39-12-9-19)28(38)32-18(2)27-31-16-24(34-27)21-7-6-20(29)14-22(21)30/h6-7,14,16-19,23H,3-5,8-13,15H2,1-2H3,(H,31,34)(H,32,38)(H,33,36)/t17-,18-,23-/m0/s1. The molecule has 3 N–H and O–H groups in total. The van der Waals surface area contributed by atoms with Crippen molar-refractivity contribution in [2.45, 2.75) is 76.9 Å². The lowest BCUT2D eigenvalue weighted by Gasteiger charge is -2.34. The molecule has 9 nitrogen and oxygen atoms in total. The molecule has 0 unspecified atom stereocenters. The zero-order valence-electron chi connectivity index (χ0n) is 22.5. The Labute approximate surface area is 227 Å². The van der Waals surface area contributed by atoms with Crippen LogP contribution in [0.15, 0.2) is 24.4 Å². The van der Waals surface area contributed by atoms with Crippen molar-refractivity contribution in [2.24, 2.45) is 5.92 Å². The Bertz CT molecular complexity index is 1170. The molecule has 3 atom stereocenters. The lowest BCUT2D eigenvalue weighted by atomic mass is 9.96. The molecule has 4 rings (SSSR count). The molecule has 212 valence electrons. The largest absolute Gasteiger partial charge is 0.381 e. The Morgan fingerprint density at radius 2 is 1.92 bits per heavy atom. The summed E-state index contributed by atoms with van der Waals surface area (Å²) in [5, 5.41) is 5.62. The van der Waals surface area contributed by atoms with Gasteiger partial charge in [-0.05, 0) is 64.0 Å². The fourth-order valence-electron chi connectivity index (χ4n) is 5.22. The van der Waals surface area contributed by atoms with Gasteiger partial charge in [0, 0.05) is 43.9 Å². The number of aromatic nitrogens is 2. The molecule has 0 radical (unpaired) electrons. The molecule has 0 spiro atoms. The van der Waals surface area contributed by atoms with Crippen LogP contribution in [0.4, 0.5) is 8.78 Å². The number of imidazole rings is 1. The fraction of sp³-hybridized carbons (Fsp3) is 0.571. The van der Waals surface area contributed by atoms with E-state index >= 15 is 0 Å². The molecule has 11 heteroatoms. The Morgan fingerprint density at radius 3 is 2.64 bits per heavy atom. The van der Waals surface area contributed by atoms with Gasteiger partial charge in [-0.15, -0.1) is 0 Å². The van der Waals surface area contributed by atoms with Crippen molar-refractivity contribution in [2.75, 3.05) is 19.8 Å². The van der Waals surface area contributed by atoms with Crippen LogP contribution in [0.2, 0.25) is 0 Å². The Balaban J connectivity index is 1.44. The van der Waals surface area contributed by atoms with Crippen LogP contribution < -0.4 is 10.6 Å². The van der Waals surface area contributed by atoms with Gasteiger partial charge in [0.05, 0.1) is 24.4 Å². The Hall–Kier alpha value is -3.34. The Morgan fingerprint density at radius 1 is 1.15 bits per heavy atom. The van der Waals surface area contributed by atoms with Crippen LogP contribution in [-0.4, -0.2) is 64.4 Å². The second-order valence-electron chi connectivity index (χ2n) is 10.6. The number of nitrogens with zero attached hydrogens (tertiary/aromatic N) is 2. The molecule has 2 fully saturated rings. The third-order valence-corrected chi connectivity index (χ3v) is 7.55. The lowest BCUT2D eigenvalue weighted by molar-refractivity contribution is -0.138. The second-order valence-corrected chi connectivity index (χ2v) is 10.6. The average Bonchev–Trinajstić information content (AvgIpc) is 3.39. The summed E-state index contributed by atoms with van der Waals surface area (Å²) in [5.41, 5.74) is 0.479. The number of carbonyl (C=O) groups excluding carboxylic acids is 3. The molecule has 0 saturated carbocycles. The molecular weight excluding hydrogens is 508 g/mol. The first-order valence-electron chi connectivity index (χ1n) is 13.7. The van der Waals surface area contributed by atoms with Gasteiger partial charge in [0.15, 0.2) is 0 Å². The maximum Gasteiger partial charge on any atom is 0.243 e. The number of nitrogens with one attached hydrogen (secondary N) is 3. The molecule has 2 aliphatic rings. The van der Waals surface area contributed by atoms with Crippen LogP contribution >= 0.6 is 0 Å². The second kappa shape index (κ2) is 13.1. The summed E-state index contributed by atoms with van der Waals surface area (Å²) in [6, 6.07) is 1.65. The van der Waals surface area contributed by atoms with Crippen LogP contribution in [0.5, 0.6) is 0 Å². The average molecular weight is 546 g/mol. The van der Waals surface area contributed by atoms with Gasteiger partial charge in [-0.3, -0.25) is 14.4 Å². The molecule has 0 aliphatic carbocycles. The van der Waals surface area contributed by atoms with Crippen molar-refractivity contribution in [3.8, 4) is 11.3 Å². The van der Waals surface area contributed by atoms with Crippen LogP contribution in [-0.2, 0) is 19.1 Å². The highest BCUT2D eigenvalue weighted by Crippen LogP contribution is 2.24. The van der Waals surface area contributed by atoms with Crippen molar-refractivity contribution in [3.63, 3.8) is 0 Å². The quantitative estimate of drug-likeness (QED) is 0.445. The first kappa shape index (κ1) is 28.7. The first-order chi connectivity index (χ1) is 18.7. The van der Waals surface area contributed by atoms with Crippen molar-refractivity contribution in [1.82, 2.24) is 25.5 Å². The molecule has 3 amide bonds. The first-order valence-corrected chi connectivity index (χ1v) is 13.7. The Kier molecular flexibility index (Phi) is 9.66. The molecule has 3 heterocycles. The zero-order valence-corrected chi connectivity index (χ0v) is 22.5. The number of rotatable bonds is 9. The van der Waals surface area contributed by atoms with Gasteiger partial charge in [-0.2, -0.15) is 0 Å². The summed E-state index contributed by atoms with van der Waals surface area (Å²) in [7, 11) is 0. The van der Waals surface area contributed by atoms with Crippen molar-refractivity contribution < 1.29 is 27.9 Å². The van der Waals surface area contributed by atoms with E-state index in [9.17, 15) is 23.2 Å². The summed E-state index contributed by atoms with van der Waals surface area (Å²) in [4.78, 5) is 48.4. The number of ether oxygens (including phenoxy) is 1. The summed E-state index contributed by atoms with van der Waals surface area (Å²) in [6.45, 7) is 5.54. The molecule has 0 bridgehead atoms. The summed E-state index contributed by atoms with van der Waals surface area (Å²) >= 11 is 0. The van der Waals surface area contributed by atoms with E-state index in [1.807, 2.05) is 6.92 Å². The minimum absolute atomic E-state index is 0.0835. The van der Waals surface area contributed by atoms with Crippen molar-refractivity contribution >= 4 is 17.7 Å². The van der Waals surface area contributed by atoms with Gasteiger partial charge < -0.3 is 25.3 Å². The topological polar surface area (TPSA) is 116 Å². The monoisotopic (exact) mass is 545 g/mol. The minimum atomic E-state index is -1.05. The van der Waals surface area contributed by atoms with E-state index in [1.54, 1.807) is 11.8 Å². The smallest absolute Gasteiger partial charge is 0.243 e. The van der Waals surface area contributed by atoms with Crippen LogP contribution in [0.1, 0.15) is 70.7 Å². The highest BCUT2D eigenvalue weighted by atomic mass is 19.1. The highest BCUT2D eigenvalue weighted by molar-refractivity contribution is 5.92. The van der Waals surface area contributed by atoms with Gasteiger partial charge in [0.1, 0.15) is 23.5 Å². The van der Waals surface area contributed by atoms with Crippen LogP contribution in [0.3, 0.4) is 0 Å². The van der Waals surface area contributed by atoms with E-state index in [0.29, 0.717) is 31.3 Å². The number of aromatic amines is 1. The van der Waals surface area contributed by atoms with Crippen LogP contribution in [0, 0.1) is 17.6 Å². The van der Waals surface area contributed by atoms with Gasteiger partial charge in [-0.25, -0.2) is 13.8 Å². The van der Waals surface area contributed by atoms with Gasteiger partial charge in [0.2, 0.25) is 17.7 Å². The summed E-state index contributed by atoms with van der Waals surface area (Å²) in [5.74, 6) is -1.85. The predicted octanol–water partition coefficient (Wildman–Crippen LogP) is 3.62. The minimum Gasteiger partial charge on any atom is -0.381 e. The maximum atomic E-state index is 14.2. The van der Waals surface area contributed by atoms with Gasteiger partial charge in [-0.1, -0.05) is 0 Å². The number of H-pyrrole nitrogens is 1. The zero-order chi connectivity index (χ0) is 27.9. The fourth-order valence-corrected chi connectivity index (χ4v) is 5.22. The van der Waals surface area contributed by atoms with Gasteiger partial charge in [0.25, 0.3) is 0 Å². The van der Waals surface area contributed by atoms with E-state index in [0.717, 1.165) is 44.2 Å². The third kappa shape index (κ3) is 7.62. The molecule has 39 heavy (non-hydrogen) atoms. The van der Waals surface area contributed by atoms with Crippen LogP contribution in [0.25, 0.3) is 11.3 Å². The van der Waals surface area contributed by atoms with E-state index in [1.165, 1.54) is 12.3 Å². The number of carbonyl (C=O) groups is 3. The van der Waals surface area contributed by atoms with E-state index < -0.39 is 29.6 Å². The summed E-state index contributed by atoms with van der Waals surface area (Å²) in [6.07, 6.45) is 5.96. The van der Waals surface area contributed by atoms with E-state index in [-0.39, 0.29) is 42.2 Å².